The van der Waals surface area contributed by atoms with Crippen LogP contribution < -0.4 is 14.2 Å². The number of rotatable bonds is 6. The number of benzene rings is 2. The van der Waals surface area contributed by atoms with Gasteiger partial charge in [0, 0.05) is 28.7 Å². The molecule has 0 aliphatic rings. The second-order valence-electron chi connectivity index (χ2n) is 5.53. The number of nitrogens with zero attached hydrogens (tertiary/aromatic N) is 1. The molecular formula is C18H14F2N2O5S. The quantitative estimate of drug-likeness (QED) is 0.674. The minimum Gasteiger partial charge on any atom is -0.493 e. The number of ether oxygens (including phenoxy) is 2. The maximum Gasteiger partial charge on any atom is 0.387 e. The van der Waals surface area contributed by atoms with Crippen LogP contribution >= 0.6 is 0 Å². The molecule has 0 unspecified atom stereocenters. The van der Waals surface area contributed by atoms with Gasteiger partial charge in [-0.25, -0.2) is 13.1 Å². The van der Waals surface area contributed by atoms with E-state index in [0.717, 1.165) is 6.07 Å². The minimum absolute atomic E-state index is 0.0266. The van der Waals surface area contributed by atoms with Crippen LogP contribution in [0.25, 0.3) is 10.8 Å². The van der Waals surface area contributed by atoms with E-state index in [1.807, 2.05) is 4.72 Å². The Balaban J connectivity index is 1.93. The Morgan fingerprint density at radius 3 is 2.64 bits per heavy atom. The summed E-state index contributed by atoms with van der Waals surface area (Å²) in [5.41, 5.74) is -0.193. The van der Waals surface area contributed by atoms with Gasteiger partial charge in [-0.15, -0.1) is 0 Å². The van der Waals surface area contributed by atoms with Gasteiger partial charge < -0.3 is 9.47 Å². The molecule has 1 amide bonds. The highest BCUT2D eigenvalue weighted by molar-refractivity contribution is 7.90. The van der Waals surface area contributed by atoms with Crippen LogP contribution in [-0.4, -0.2) is 33.0 Å². The summed E-state index contributed by atoms with van der Waals surface area (Å²) >= 11 is 0. The first-order valence-electron chi connectivity index (χ1n) is 7.84. The third-order valence-corrected chi connectivity index (χ3v) is 5.19. The third kappa shape index (κ3) is 4.01. The van der Waals surface area contributed by atoms with Gasteiger partial charge in [0.15, 0.2) is 11.5 Å². The number of amides is 1. The number of carbonyl (C=O) groups is 1. The van der Waals surface area contributed by atoms with Crippen molar-refractivity contribution in [1.29, 1.82) is 0 Å². The summed E-state index contributed by atoms with van der Waals surface area (Å²) in [4.78, 5) is 16.2. The number of hydrogen-bond donors (Lipinski definition) is 1. The molecule has 0 aliphatic heterocycles. The Labute approximate surface area is 159 Å². The molecule has 0 spiro atoms. The van der Waals surface area contributed by atoms with Crippen molar-refractivity contribution in [3.05, 3.63) is 60.4 Å². The van der Waals surface area contributed by atoms with Gasteiger partial charge in [-0.3, -0.25) is 9.78 Å². The van der Waals surface area contributed by atoms with Crippen LogP contribution in [0.4, 0.5) is 8.78 Å². The van der Waals surface area contributed by atoms with Gasteiger partial charge in [-0.2, -0.15) is 8.78 Å². The molecule has 3 aromatic rings. The van der Waals surface area contributed by atoms with E-state index < -0.39 is 28.3 Å². The third-order valence-electron chi connectivity index (χ3n) is 3.80. The van der Waals surface area contributed by atoms with Crippen LogP contribution in [0.2, 0.25) is 0 Å². The number of alkyl halides is 2. The number of fused-ring (bicyclic) bond motifs is 1. The van der Waals surface area contributed by atoms with E-state index in [1.54, 1.807) is 6.07 Å². The summed E-state index contributed by atoms with van der Waals surface area (Å²) < 4.78 is 61.6. The fraction of sp³-hybridized carbons (Fsp3) is 0.111. The lowest BCUT2D eigenvalue weighted by molar-refractivity contribution is -0.0512. The molecule has 1 heterocycles. The number of sulfonamides is 1. The highest BCUT2D eigenvalue weighted by atomic mass is 32.2. The molecule has 7 nitrogen and oxygen atoms in total. The van der Waals surface area contributed by atoms with Crippen LogP contribution in [0.3, 0.4) is 0 Å². The topological polar surface area (TPSA) is 94.6 Å². The van der Waals surface area contributed by atoms with Crippen LogP contribution in [-0.2, 0) is 10.0 Å². The number of methoxy groups -OCH3 is 1. The molecular weight excluding hydrogens is 394 g/mol. The molecule has 1 N–H and O–H groups in total. The average Bonchev–Trinajstić information content (AvgIpc) is 2.66. The average molecular weight is 408 g/mol. The van der Waals surface area contributed by atoms with E-state index in [1.165, 1.54) is 49.8 Å². The molecule has 3 rings (SSSR count). The second-order valence-corrected chi connectivity index (χ2v) is 7.18. The number of halogens is 2. The highest BCUT2D eigenvalue weighted by Gasteiger charge is 2.22. The number of hydrogen-bond acceptors (Lipinski definition) is 6. The van der Waals surface area contributed by atoms with E-state index in [9.17, 15) is 22.0 Å². The molecule has 0 saturated carbocycles. The van der Waals surface area contributed by atoms with E-state index in [2.05, 4.69) is 9.72 Å². The Bertz CT molecular complexity index is 1130. The predicted molar refractivity (Wildman–Crippen MR) is 96.0 cm³/mol. The van der Waals surface area contributed by atoms with Gasteiger partial charge >= 0.3 is 6.61 Å². The molecule has 1 aromatic heterocycles. The predicted octanol–water partition coefficient (Wildman–Crippen LogP) is 2.96. The van der Waals surface area contributed by atoms with E-state index in [-0.39, 0.29) is 16.2 Å². The normalized spacial score (nSPS) is 11.4. The van der Waals surface area contributed by atoms with Crippen molar-refractivity contribution >= 4 is 26.7 Å². The van der Waals surface area contributed by atoms with E-state index in [0.29, 0.717) is 10.8 Å². The monoisotopic (exact) mass is 408 g/mol. The number of carbonyl (C=O) groups excluding carboxylic acids is 1. The SMILES string of the molecule is COc1ccc(C(=O)NS(=O)(=O)c2cccc3cnccc23)cc1OC(F)F. The number of pyridine rings is 1. The van der Waals surface area contributed by atoms with Gasteiger partial charge in [0.2, 0.25) is 0 Å². The number of nitrogens with one attached hydrogen (secondary N) is 1. The largest absolute Gasteiger partial charge is 0.493 e. The van der Waals surface area contributed by atoms with Gasteiger partial charge in [-0.1, -0.05) is 12.1 Å². The molecule has 28 heavy (non-hydrogen) atoms. The van der Waals surface area contributed by atoms with Crippen molar-refractivity contribution in [2.24, 2.45) is 0 Å². The van der Waals surface area contributed by atoms with Crippen molar-refractivity contribution in [1.82, 2.24) is 9.71 Å². The molecule has 10 heteroatoms. The van der Waals surface area contributed by atoms with E-state index in [4.69, 9.17) is 4.74 Å². The lowest BCUT2D eigenvalue weighted by atomic mass is 10.2. The zero-order valence-electron chi connectivity index (χ0n) is 14.4. The van der Waals surface area contributed by atoms with Gasteiger partial charge in [0.1, 0.15) is 0 Å². The smallest absolute Gasteiger partial charge is 0.387 e. The van der Waals surface area contributed by atoms with E-state index >= 15 is 0 Å². The Morgan fingerprint density at radius 2 is 1.93 bits per heavy atom. The summed E-state index contributed by atoms with van der Waals surface area (Å²) in [6, 6.07) is 9.49. The summed E-state index contributed by atoms with van der Waals surface area (Å²) in [5.74, 6) is -1.42. The fourth-order valence-electron chi connectivity index (χ4n) is 2.57. The van der Waals surface area contributed by atoms with Crippen molar-refractivity contribution < 1.29 is 31.5 Å². The summed E-state index contributed by atoms with van der Waals surface area (Å²) in [7, 11) is -2.99. The Morgan fingerprint density at radius 1 is 1.14 bits per heavy atom. The van der Waals surface area contributed by atoms with Crippen molar-refractivity contribution in [2.45, 2.75) is 11.5 Å². The molecule has 146 valence electrons. The first-order chi connectivity index (χ1) is 13.3. The van der Waals surface area contributed by atoms with Gasteiger partial charge in [0.25, 0.3) is 15.9 Å². The molecule has 0 bridgehead atoms. The highest BCUT2D eigenvalue weighted by Crippen LogP contribution is 2.30. The van der Waals surface area contributed by atoms with Crippen LogP contribution in [0, 0.1) is 0 Å². The zero-order chi connectivity index (χ0) is 20.3. The maximum atomic E-state index is 12.7. The molecule has 0 fully saturated rings. The van der Waals surface area contributed by atoms with Crippen molar-refractivity contribution in [2.75, 3.05) is 7.11 Å². The van der Waals surface area contributed by atoms with Crippen LogP contribution in [0.1, 0.15) is 10.4 Å². The van der Waals surface area contributed by atoms with Crippen LogP contribution in [0.5, 0.6) is 11.5 Å². The molecule has 2 aromatic carbocycles. The lowest BCUT2D eigenvalue weighted by Gasteiger charge is -2.12. The zero-order valence-corrected chi connectivity index (χ0v) is 15.2. The molecule has 0 aliphatic carbocycles. The molecule has 0 radical (unpaired) electrons. The maximum absolute atomic E-state index is 12.7. The summed E-state index contributed by atoms with van der Waals surface area (Å²) in [5, 5.41) is 0.962. The number of aromatic nitrogens is 1. The van der Waals surface area contributed by atoms with Gasteiger partial charge in [0.05, 0.1) is 12.0 Å². The first kappa shape index (κ1) is 19.5. The second kappa shape index (κ2) is 7.77. The summed E-state index contributed by atoms with van der Waals surface area (Å²) in [6.45, 7) is -3.14. The minimum atomic E-state index is -4.23. The van der Waals surface area contributed by atoms with Crippen molar-refractivity contribution in [3.63, 3.8) is 0 Å². The Kier molecular flexibility index (Phi) is 5.41. The molecule has 0 atom stereocenters. The lowest BCUT2D eigenvalue weighted by Crippen LogP contribution is -2.30. The van der Waals surface area contributed by atoms with Gasteiger partial charge in [-0.05, 0) is 30.3 Å². The van der Waals surface area contributed by atoms with Crippen LogP contribution in [0.15, 0.2) is 59.8 Å². The standard InChI is InChI=1S/C18H14F2N2O5S/c1-26-14-6-5-11(9-15(14)27-18(19)20)17(23)22-28(24,25)16-4-2-3-12-10-21-8-7-13(12)16/h2-10,18H,1H3,(H,22,23). The first-order valence-corrected chi connectivity index (χ1v) is 9.33. The van der Waals surface area contributed by atoms with Crippen molar-refractivity contribution in [3.8, 4) is 11.5 Å². The Hall–Kier alpha value is -3.27. The molecule has 0 saturated heterocycles. The summed E-state index contributed by atoms with van der Waals surface area (Å²) in [6.07, 6.45) is 2.92. The fourth-order valence-corrected chi connectivity index (χ4v) is 3.77.